The van der Waals surface area contributed by atoms with Crippen molar-refractivity contribution >= 4 is 28.7 Å². The molecule has 11 nitrogen and oxygen atoms in total. The number of pyridine rings is 2. The number of methoxy groups -OCH3 is 1. The van der Waals surface area contributed by atoms with Gasteiger partial charge in [-0.1, -0.05) is 30.3 Å². The molecule has 4 heterocycles. The molecule has 2 amide bonds. The molecule has 0 spiro atoms. The lowest BCUT2D eigenvalue weighted by Crippen LogP contribution is -2.61. The maximum absolute atomic E-state index is 13.7. The van der Waals surface area contributed by atoms with Gasteiger partial charge >= 0.3 is 6.09 Å². The van der Waals surface area contributed by atoms with E-state index in [0.717, 1.165) is 11.1 Å². The third-order valence-electron chi connectivity index (χ3n) is 6.88. The van der Waals surface area contributed by atoms with Gasteiger partial charge in [0.05, 0.1) is 30.4 Å². The lowest BCUT2D eigenvalue weighted by atomic mass is 10.1. The average Bonchev–Trinajstić information content (AvgIpc) is 3.00. The number of fused-ring (bicyclic) bond motifs is 1. The maximum Gasteiger partial charge on any atom is 0.411 e. The highest BCUT2D eigenvalue weighted by Crippen LogP contribution is 2.34. The third kappa shape index (κ3) is 6.56. The summed E-state index contributed by atoms with van der Waals surface area (Å²) in [6.07, 6.45) is 6.79. The van der Waals surface area contributed by atoms with E-state index in [0.29, 0.717) is 47.8 Å². The van der Waals surface area contributed by atoms with Gasteiger partial charge in [-0.15, -0.1) is 0 Å². The first-order valence-corrected chi connectivity index (χ1v) is 13.9. The number of piperazine rings is 1. The van der Waals surface area contributed by atoms with Gasteiger partial charge in [-0.25, -0.2) is 14.8 Å². The number of ether oxygens (including phenoxy) is 2. The Labute approximate surface area is 244 Å². The summed E-state index contributed by atoms with van der Waals surface area (Å²) in [4.78, 5) is 48.5. The zero-order chi connectivity index (χ0) is 29.7. The summed E-state index contributed by atoms with van der Waals surface area (Å²) in [7, 11) is 1.57. The molecule has 1 N–H and O–H groups in total. The molecule has 1 aliphatic rings. The first kappa shape index (κ1) is 28.7. The molecule has 1 fully saturated rings. The van der Waals surface area contributed by atoms with Crippen molar-refractivity contribution in [2.45, 2.75) is 38.8 Å². The summed E-state index contributed by atoms with van der Waals surface area (Å²) in [5.41, 5.74) is 1.80. The van der Waals surface area contributed by atoms with Gasteiger partial charge < -0.3 is 19.7 Å². The van der Waals surface area contributed by atoms with Crippen LogP contribution in [0, 0.1) is 0 Å². The van der Waals surface area contributed by atoms with E-state index in [1.54, 1.807) is 31.9 Å². The van der Waals surface area contributed by atoms with Crippen molar-refractivity contribution in [1.82, 2.24) is 30.2 Å². The number of nitrogens with zero attached hydrogens (tertiary/aromatic N) is 6. The number of rotatable bonds is 7. The lowest BCUT2D eigenvalue weighted by molar-refractivity contribution is -0.126. The second-order valence-corrected chi connectivity index (χ2v) is 11.0. The van der Waals surface area contributed by atoms with Crippen LogP contribution in [0.25, 0.3) is 22.3 Å². The van der Waals surface area contributed by atoms with Crippen molar-refractivity contribution < 1.29 is 19.1 Å². The molecule has 1 aliphatic heterocycles. The van der Waals surface area contributed by atoms with Crippen LogP contribution in [-0.4, -0.2) is 81.8 Å². The minimum Gasteiger partial charge on any atom is -0.494 e. The Bertz CT molecular complexity index is 1540. The molecule has 1 aromatic carbocycles. The first-order chi connectivity index (χ1) is 20.2. The average molecular weight is 570 g/mol. The number of hydrogen-bond acceptors (Lipinski definition) is 9. The van der Waals surface area contributed by atoms with E-state index in [9.17, 15) is 9.59 Å². The highest BCUT2D eigenvalue weighted by Gasteiger charge is 2.38. The minimum atomic E-state index is -0.813. The predicted molar refractivity (Wildman–Crippen MR) is 159 cm³/mol. The summed E-state index contributed by atoms with van der Waals surface area (Å²) in [5.74, 6) is 1.34. The SMILES string of the molecule is COc1cncc2nc(-c3ccncc3)nc(N3CCN(C(=O)OC(C)(C)C)C(C(=O)NCCc4ccccc4)C3)c12. The largest absolute Gasteiger partial charge is 0.494 e. The first-order valence-electron chi connectivity index (χ1n) is 13.9. The Hall–Kier alpha value is -4.80. The zero-order valence-corrected chi connectivity index (χ0v) is 24.3. The fourth-order valence-electron chi connectivity index (χ4n) is 4.88. The van der Waals surface area contributed by atoms with Crippen molar-refractivity contribution in [3.8, 4) is 17.1 Å². The molecule has 0 saturated carbocycles. The van der Waals surface area contributed by atoms with Gasteiger partial charge in [0.25, 0.3) is 0 Å². The van der Waals surface area contributed by atoms with Crippen LogP contribution < -0.4 is 15.0 Å². The smallest absolute Gasteiger partial charge is 0.411 e. The molecule has 0 bridgehead atoms. The molecule has 5 rings (SSSR count). The maximum atomic E-state index is 13.7. The molecule has 1 saturated heterocycles. The number of benzene rings is 1. The van der Waals surface area contributed by atoms with E-state index in [-0.39, 0.29) is 19.0 Å². The van der Waals surface area contributed by atoms with Crippen LogP contribution in [0.5, 0.6) is 5.75 Å². The van der Waals surface area contributed by atoms with Crippen LogP contribution in [-0.2, 0) is 16.0 Å². The summed E-state index contributed by atoms with van der Waals surface area (Å²) in [6.45, 7) is 6.74. The van der Waals surface area contributed by atoms with Crippen LogP contribution in [0.4, 0.5) is 10.6 Å². The van der Waals surface area contributed by atoms with E-state index < -0.39 is 17.7 Å². The van der Waals surface area contributed by atoms with Crippen molar-refractivity contribution in [2.24, 2.45) is 0 Å². The predicted octanol–water partition coefficient (Wildman–Crippen LogP) is 3.88. The zero-order valence-electron chi connectivity index (χ0n) is 24.3. The third-order valence-corrected chi connectivity index (χ3v) is 6.88. The van der Waals surface area contributed by atoms with Crippen LogP contribution in [0.15, 0.2) is 67.3 Å². The van der Waals surface area contributed by atoms with Gasteiger partial charge in [0.1, 0.15) is 23.2 Å². The van der Waals surface area contributed by atoms with Crippen LogP contribution in [0.2, 0.25) is 0 Å². The van der Waals surface area contributed by atoms with Crippen molar-refractivity contribution in [3.05, 3.63) is 72.8 Å². The van der Waals surface area contributed by atoms with E-state index in [4.69, 9.17) is 19.4 Å². The highest BCUT2D eigenvalue weighted by atomic mass is 16.6. The number of carbonyl (C=O) groups is 2. The molecular formula is C31H35N7O4. The Kier molecular flexibility index (Phi) is 8.46. The topological polar surface area (TPSA) is 123 Å². The fourth-order valence-corrected chi connectivity index (χ4v) is 4.88. The monoisotopic (exact) mass is 569 g/mol. The molecular weight excluding hydrogens is 534 g/mol. The van der Waals surface area contributed by atoms with Crippen LogP contribution in [0.3, 0.4) is 0 Å². The van der Waals surface area contributed by atoms with E-state index >= 15 is 0 Å². The Morgan fingerprint density at radius 1 is 1.00 bits per heavy atom. The van der Waals surface area contributed by atoms with Gasteiger partial charge in [-0.3, -0.25) is 19.7 Å². The Morgan fingerprint density at radius 3 is 2.48 bits per heavy atom. The number of nitrogens with one attached hydrogen (secondary N) is 1. The highest BCUT2D eigenvalue weighted by molar-refractivity contribution is 5.96. The summed E-state index contributed by atoms with van der Waals surface area (Å²) >= 11 is 0. The second kappa shape index (κ2) is 12.4. The van der Waals surface area contributed by atoms with Gasteiger partial charge in [0.15, 0.2) is 5.82 Å². The van der Waals surface area contributed by atoms with Gasteiger partial charge in [-0.05, 0) is 44.9 Å². The van der Waals surface area contributed by atoms with E-state index in [1.807, 2.05) is 68.1 Å². The van der Waals surface area contributed by atoms with Gasteiger partial charge in [0.2, 0.25) is 5.91 Å². The molecule has 1 unspecified atom stereocenters. The Morgan fingerprint density at radius 2 is 1.76 bits per heavy atom. The Balaban J connectivity index is 1.48. The number of hydrogen-bond donors (Lipinski definition) is 1. The normalized spacial score (nSPS) is 15.4. The van der Waals surface area contributed by atoms with Crippen LogP contribution >= 0.6 is 0 Å². The van der Waals surface area contributed by atoms with E-state index in [1.165, 1.54) is 4.90 Å². The molecule has 0 aliphatic carbocycles. The summed E-state index contributed by atoms with van der Waals surface area (Å²) in [6, 6.07) is 12.8. The second-order valence-electron chi connectivity index (χ2n) is 11.0. The molecule has 218 valence electrons. The van der Waals surface area contributed by atoms with Crippen molar-refractivity contribution in [2.75, 3.05) is 38.2 Å². The number of aromatic nitrogens is 4. The number of carbonyl (C=O) groups excluding carboxylic acids is 2. The summed E-state index contributed by atoms with van der Waals surface area (Å²) < 4.78 is 11.3. The number of amides is 2. The molecule has 11 heteroatoms. The standard InChI is InChI=1S/C31H35N7O4/c1-31(2,3)42-30(40)38-17-16-37(20-24(38)29(39)34-15-10-21-8-6-5-7-9-21)28-26-23(18-33-19-25(26)41-4)35-27(36-28)22-11-13-32-14-12-22/h5-9,11-14,18-19,24H,10,15-17,20H2,1-4H3,(H,34,39). The van der Waals surface area contributed by atoms with Gasteiger partial charge in [0, 0.05) is 44.1 Å². The van der Waals surface area contributed by atoms with E-state index in [2.05, 4.69) is 15.3 Å². The van der Waals surface area contributed by atoms with Crippen molar-refractivity contribution in [3.63, 3.8) is 0 Å². The minimum absolute atomic E-state index is 0.198. The van der Waals surface area contributed by atoms with Crippen molar-refractivity contribution in [1.29, 1.82) is 0 Å². The van der Waals surface area contributed by atoms with Crippen LogP contribution in [0.1, 0.15) is 26.3 Å². The molecule has 4 aromatic rings. The molecule has 0 radical (unpaired) electrons. The summed E-state index contributed by atoms with van der Waals surface area (Å²) in [5, 5.41) is 3.71. The molecule has 42 heavy (non-hydrogen) atoms. The van der Waals surface area contributed by atoms with Gasteiger partial charge in [-0.2, -0.15) is 0 Å². The lowest BCUT2D eigenvalue weighted by Gasteiger charge is -2.41. The molecule has 1 atom stereocenters. The number of anilines is 1. The molecule has 3 aromatic heterocycles. The fraction of sp³-hybridized carbons (Fsp3) is 0.355. The quantitative estimate of drug-likeness (QED) is 0.353.